The lowest BCUT2D eigenvalue weighted by Crippen LogP contribution is -2.45. The second-order valence-electron chi connectivity index (χ2n) is 6.35. The number of hydrogen-bond donors (Lipinski definition) is 3. The van der Waals surface area contributed by atoms with Gasteiger partial charge >= 0.3 is 12.0 Å². The van der Waals surface area contributed by atoms with Crippen LogP contribution in [-0.4, -0.2) is 36.0 Å². The van der Waals surface area contributed by atoms with Crippen LogP contribution in [0.25, 0.3) is 0 Å². The number of esters is 1. The quantitative estimate of drug-likeness (QED) is 0.695. The van der Waals surface area contributed by atoms with Crippen LogP contribution in [0.5, 0.6) is 0 Å². The van der Waals surface area contributed by atoms with Crippen molar-refractivity contribution in [1.82, 2.24) is 10.6 Å². The molecule has 3 N–H and O–H groups in total. The van der Waals surface area contributed by atoms with Crippen LogP contribution in [0.3, 0.4) is 0 Å². The van der Waals surface area contributed by atoms with Crippen LogP contribution in [0.4, 0.5) is 14.9 Å². The summed E-state index contributed by atoms with van der Waals surface area (Å²) in [5.74, 6) is -3.51. The lowest BCUT2D eigenvalue weighted by Gasteiger charge is -2.25. The number of amides is 4. The van der Waals surface area contributed by atoms with Crippen LogP contribution in [0.2, 0.25) is 0 Å². The molecule has 0 spiro atoms. The Kier molecular flexibility index (Phi) is 4.88. The van der Waals surface area contributed by atoms with Crippen molar-refractivity contribution in [2.45, 2.75) is 44.2 Å². The molecule has 1 aliphatic carbocycles. The molecule has 1 aromatic carbocycles. The van der Waals surface area contributed by atoms with Gasteiger partial charge in [-0.2, -0.15) is 0 Å². The highest BCUT2D eigenvalue weighted by atomic mass is 19.1. The van der Waals surface area contributed by atoms with E-state index in [2.05, 4.69) is 16.0 Å². The Hall–Kier alpha value is -2.97. The van der Waals surface area contributed by atoms with E-state index in [9.17, 15) is 23.6 Å². The second-order valence-corrected chi connectivity index (χ2v) is 6.35. The van der Waals surface area contributed by atoms with Crippen molar-refractivity contribution in [3.8, 4) is 0 Å². The Morgan fingerprint density at radius 3 is 2.73 bits per heavy atom. The van der Waals surface area contributed by atoms with Crippen molar-refractivity contribution in [3.63, 3.8) is 0 Å². The van der Waals surface area contributed by atoms with Gasteiger partial charge in [-0.25, -0.2) is 9.18 Å². The number of carbonyl (C=O) groups excluding carboxylic acids is 4. The van der Waals surface area contributed by atoms with Gasteiger partial charge in [-0.15, -0.1) is 0 Å². The van der Waals surface area contributed by atoms with Crippen LogP contribution in [-0.2, 0) is 19.1 Å². The van der Waals surface area contributed by atoms with E-state index < -0.39 is 41.7 Å². The zero-order chi connectivity index (χ0) is 18.8. The number of urea groups is 1. The number of anilines is 1. The van der Waals surface area contributed by atoms with E-state index in [4.69, 9.17) is 4.74 Å². The summed E-state index contributed by atoms with van der Waals surface area (Å²) in [6, 6.07) is 3.13. The molecular formula is C17H18FN3O5. The Bertz CT molecular complexity index is 778. The fourth-order valence-corrected chi connectivity index (χ4v) is 2.62. The third kappa shape index (κ3) is 4.16. The largest absolute Gasteiger partial charge is 0.452 e. The van der Waals surface area contributed by atoms with Gasteiger partial charge in [0.15, 0.2) is 6.10 Å². The molecule has 4 amide bonds. The van der Waals surface area contributed by atoms with Crippen molar-refractivity contribution >= 4 is 29.5 Å². The maximum Gasteiger partial charge on any atom is 0.321 e. The Labute approximate surface area is 148 Å². The minimum Gasteiger partial charge on any atom is -0.452 e. The van der Waals surface area contributed by atoms with E-state index in [1.807, 2.05) is 0 Å². The Morgan fingerprint density at radius 2 is 2.04 bits per heavy atom. The first-order valence-corrected chi connectivity index (χ1v) is 8.24. The summed E-state index contributed by atoms with van der Waals surface area (Å²) in [6.45, 7) is 1.33. The molecule has 0 bridgehead atoms. The second kappa shape index (κ2) is 7.11. The molecule has 1 aromatic rings. The number of carbonyl (C=O) groups is 4. The normalized spacial score (nSPS) is 19.6. The first kappa shape index (κ1) is 17.8. The third-order valence-corrected chi connectivity index (χ3v) is 4.15. The molecule has 2 aliphatic rings. The Balaban J connectivity index is 1.62. The molecule has 138 valence electrons. The molecule has 1 heterocycles. The van der Waals surface area contributed by atoms with Gasteiger partial charge in [0.05, 0.1) is 5.92 Å². The first-order chi connectivity index (χ1) is 12.3. The van der Waals surface area contributed by atoms with Gasteiger partial charge in [0.1, 0.15) is 5.82 Å². The van der Waals surface area contributed by atoms with E-state index >= 15 is 0 Å². The fraction of sp³-hybridized carbons (Fsp3) is 0.412. The zero-order valence-electron chi connectivity index (χ0n) is 14.0. The maximum absolute atomic E-state index is 13.3. The lowest BCUT2D eigenvalue weighted by molar-refractivity contribution is -0.156. The molecule has 1 aliphatic heterocycles. The predicted molar refractivity (Wildman–Crippen MR) is 87.6 cm³/mol. The van der Waals surface area contributed by atoms with Crippen LogP contribution in [0, 0.1) is 5.82 Å². The van der Waals surface area contributed by atoms with Crippen molar-refractivity contribution < 1.29 is 28.3 Å². The Morgan fingerprint density at radius 1 is 1.31 bits per heavy atom. The van der Waals surface area contributed by atoms with E-state index in [1.165, 1.54) is 19.1 Å². The summed E-state index contributed by atoms with van der Waals surface area (Å²) < 4.78 is 18.4. The number of hydrogen-bond acceptors (Lipinski definition) is 5. The minimum atomic E-state index is -1.22. The van der Waals surface area contributed by atoms with Gasteiger partial charge in [0.2, 0.25) is 5.91 Å². The number of nitrogens with one attached hydrogen (secondary N) is 3. The summed E-state index contributed by atoms with van der Waals surface area (Å²) in [6.07, 6.45) is 0.348. The summed E-state index contributed by atoms with van der Waals surface area (Å²) >= 11 is 0. The fourth-order valence-electron chi connectivity index (χ4n) is 2.62. The van der Waals surface area contributed by atoms with Gasteiger partial charge in [0, 0.05) is 18.2 Å². The molecular weight excluding hydrogens is 345 g/mol. The van der Waals surface area contributed by atoms with Gasteiger partial charge in [-0.1, -0.05) is 6.07 Å². The highest BCUT2D eigenvalue weighted by Crippen LogP contribution is 2.33. The number of ether oxygens (including phenoxy) is 1. The average Bonchev–Trinajstić information content (AvgIpc) is 3.37. The summed E-state index contributed by atoms with van der Waals surface area (Å²) in [7, 11) is 0. The highest BCUT2D eigenvalue weighted by Gasteiger charge is 2.34. The molecule has 1 fully saturated rings. The average molecular weight is 363 g/mol. The van der Waals surface area contributed by atoms with Crippen LogP contribution >= 0.6 is 0 Å². The highest BCUT2D eigenvalue weighted by molar-refractivity contribution is 6.01. The first-order valence-electron chi connectivity index (χ1n) is 8.24. The zero-order valence-corrected chi connectivity index (χ0v) is 14.0. The van der Waals surface area contributed by atoms with Crippen LogP contribution in [0.15, 0.2) is 18.2 Å². The van der Waals surface area contributed by atoms with E-state index in [0.29, 0.717) is 5.56 Å². The standard InChI is InChI=1S/C17H18FN3O5/c1-8(15(23)21-17(25)19-10-3-4-10)26-16(24)12-7-14(22)20-13-6-9(18)2-5-11(12)13/h2,5-6,8,10,12H,3-4,7H2,1H3,(H,20,22)(H2,19,21,23,25). The smallest absolute Gasteiger partial charge is 0.321 e. The summed E-state index contributed by atoms with van der Waals surface area (Å²) in [5, 5.41) is 7.17. The van der Waals surface area contributed by atoms with Crippen molar-refractivity contribution in [3.05, 3.63) is 29.6 Å². The molecule has 0 aromatic heterocycles. The molecule has 2 unspecified atom stereocenters. The number of imide groups is 1. The molecule has 2 atom stereocenters. The predicted octanol–water partition coefficient (Wildman–Crippen LogP) is 1.17. The van der Waals surface area contributed by atoms with Gasteiger partial charge in [-0.05, 0) is 37.5 Å². The monoisotopic (exact) mass is 363 g/mol. The number of rotatable bonds is 4. The molecule has 3 rings (SSSR count). The maximum atomic E-state index is 13.3. The van der Waals surface area contributed by atoms with Gasteiger partial charge in [-0.3, -0.25) is 19.7 Å². The van der Waals surface area contributed by atoms with Crippen molar-refractivity contribution in [1.29, 1.82) is 0 Å². The van der Waals surface area contributed by atoms with Crippen LogP contribution in [0.1, 0.15) is 37.7 Å². The number of halogens is 1. The SMILES string of the molecule is CC(OC(=O)C1CC(=O)Nc2cc(F)ccc21)C(=O)NC(=O)NC1CC1. The molecule has 0 radical (unpaired) electrons. The van der Waals surface area contributed by atoms with Gasteiger partial charge < -0.3 is 15.4 Å². The van der Waals surface area contributed by atoms with E-state index in [0.717, 1.165) is 18.9 Å². The van der Waals surface area contributed by atoms with E-state index in [1.54, 1.807) is 0 Å². The minimum absolute atomic E-state index is 0.0818. The van der Waals surface area contributed by atoms with Gasteiger partial charge in [0.25, 0.3) is 5.91 Å². The van der Waals surface area contributed by atoms with Crippen LogP contribution < -0.4 is 16.0 Å². The molecule has 9 heteroatoms. The van der Waals surface area contributed by atoms with E-state index in [-0.39, 0.29) is 18.2 Å². The number of benzene rings is 1. The molecule has 26 heavy (non-hydrogen) atoms. The molecule has 8 nitrogen and oxygen atoms in total. The topological polar surface area (TPSA) is 114 Å². The summed E-state index contributed by atoms with van der Waals surface area (Å²) in [5.41, 5.74) is 0.610. The molecule has 0 saturated heterocycles. The number of fused-ring (bicyclic) bond motifs is 1. The molecule has 1 saturated carbocycles. The van der Waals surface area contributed by atoms with Crippen molar-refractivity contribution in [2.75, 3.05) is 5.32 Å². The lowest BCUT2D eigenvalue weighted by atomic mass is 9.90. The third-order valence-electron chi connectivity index (χ3n) is 4.15. The summed E-state index contributed by atoms with van der Waals surface area (Å²) in [4.78, 5) is 47.7. The van der Waals surface area contributed by atoms with Crippen molar-refractivity contribution in [2.24, 2.45) is 0 Å².